The number of alkyl halides is 3. The molecule has 122 valence electrons. The summed E-state index contributed by atoms with van der Waals surface area (Å²) in [6, 6.07) is 11.8. The van der Waals surface area contributed by atoms with Gasteiger partial charge in [0, 0.05) is 11.1 Å². The van der Waals surface area contributed by atoms with Gasteiger partial charge in [0.1, 0.15) is 11.5 Å². The van der Waals surface area contributed by atoms with Gasteiger partial charge in [-0.3, -0.25) is 0 Å². The predicted molar refractivity (Wildman–Crippen MR) is 82.9 cm³/mol. The molecule has 0 saturated heterocycles. The van der Waals surface area contributed by atoms with Gasteiger partial charge >= 0.3 is 6.18 Å². The van der Waals surface area contributed by atoms with E-state index in [1.54, 1.807) is 6.07 Å². The van der Waals surface area contributed by atoms with Crippen molar-refractivity contribution in [3.05, 3.63) is 71.1 Å². The van der Waals surface area contributed by atoms with Gasteiger partial charge in [-0.2, -0.15) is 13.2 Å². The Kier molecular flexibility index (Phi) is 4.24. The molecule has 0 spiro atoms. The monoisotopic (exact) mass is 352 g/mol. The first kappa shape index (κ1) is 16.4. The van der Waals surface area contributed by atoms with E-state index in [-0.39, 0.29) is 5.15 Å². The van der Waals surface area contributed by atoms with Gasteiger partial charge < -0.3 is 0 Å². The van der Waals surface area contributed by atoms with Crippen LogP contribution in [0.2, 0.25) is 5.15 Å². The number of hydrogen-bond donors (Lipinski definition) is 0. The molecule has 2 nitrogen and oxygen atoms in total. The van der Waals surface area contributed by atoms with E-state index >= 15 is 0 Å². The van der Waals surface area contributed by atoms with E-state index in [4.69, 9.17) is 11.6 Å². The van der Waals surface area contributed by atoms with Crippen molar-refractivity contribution >= 4 is 11.6 Å². The van der Waals surface area contributed by atoms with Crippen LogP contribution in [0.25, 0.3) is 22.4 Å². The molecule has 0 aliphatic carbocycles. The third-order valence-corrected chi connectivity index (χ3v) is 3.57. The first-order chi connectivity index (χ1) is 11.3. The molecule has 0 aliphatic heterocycles. The van der Waals surface area contributed by atoms with Crippen LogP contribution in [0.15, 0.2) is 54.6 Å². The lowest BCUT2D eigenvalue weighted by Gasteiger charge is -2.11. The number of halogens is 5. The molecule has 1 heterocycles. The topological polar surface area (TPSA) is 25.8 Å². The Morgan fingerprint density at radius 2 is 1.54 bits per heavy atom. The zero-order valence-corrected chi connectivity index (χ0v) is 12.7. The zero-order valence-electron chi connectivity index (χ0n) is 12.0. The summed E-state index contributed by atoms with van der Waals surface area (Å²) in [5.74, 6) is -0.456. The SMILES string of the molecule is Fc1cccc(-c2nnc(Cl)cc2-c2ccc(C(F)(F)F)cc2)c1. The molecule has 0 saturated carbocycles. The zero-order chi connectivity index (χ0) is 17.3. The summed E-state index contributed by atoms with van der Waals surface area (Å²) in [5, 5.41) is 7.80. The molecule has 2 aromatic carbocycles. The van der Waals surface area contributed by atoms with Crippen molar-refractivity contribution in [2.45, 2.75) is 6.18 Å². The number of benzene rings is 2. The lowest BCUT2D eigenvalue weighted by Crippen LogP contribution is -2.04. The fraction of sp³-hybridized carbons (Fsp3) is 0.0588. The molecule has 0 aliphatic rings. The summed E-state index contributed by atoms with van der Waals surface area (Å²) in [5.41, 5.74) is 0.966. The molecule has 7 heteroatoms. The van der Waals surface area contributed by atoms with Crippen molar-refractivity contribution in [2.75, 3.05) is 0 Å². The predicted octanol–water partition coefficient (Wildman–Crippen LogP) is 5.62. The smallest absolute Gasteiger partial charge is 0.207 e. The van der Waals surface area contributed by atoms with E-state index in [0.29, 0.717) is 22.4 Å². The Morgan fingerprint density at radius 1 is 0.833 bits per heavy atom. The van der Waals surface area contributed by atoms with Crippen LogP contribution in [0.3, 0.4) is 0 Å². The summed E-state index contributed by atoms with van der Waals surface area (Å²) in [4.78, 5) is 0. The number of nitrogens with zero attached hydrogens (tertiary/aromatic N) is 2. The quantitative estimate of drug-likeness (QED) is 0.559. The molecule has 0 radical (unpaired) electrons. The summed E-state index contributed by atoms with van der Waals surface area (Å²) in [7, 11) is 0. The van der Waals surface area contributed by atoms with Gasteiger partial charge in [-0.25, -0.2) is 4.39 Å². The number of hydrogen-bond acceptors (Lipinski definition) is 2. The largest absolute Gasteiger partial charge is 0.416 e. The second kappa shape index (κ2) is 6.20. The van der Waals surface area contributed by atoms with E-state index in [1.165, 1.54) is 36.4 Å². The second-order valence-corrected chi connectivity index (χ2v) is 5.40. The molecule has 0 N–H and O–H groups in total. The van der Waals surface area contributed by atoms with Crippen LogP contribution >= 0.6 is 11.6 Å². The Morgan fingerprint density at radius 3 is 2.17 bits per heavy atom. The summed E-state index contributed by atoms with van der Waals surface area (Å²) in [6.07, 6.45) is -4.42. The third-order valence-electron chi connectivity index (χ3n) is 3.39. The Balaban J connectivity index is 2.12. The lowest BCUT2D eigenvalue weighted by molar-refractivity contribution is -0.137. The van der Waals surface area contributed by atoms with Gasteiger partial charge in [0.2, 0.25) is 0 Å². The van der Waals surface area contributed by atoms with E-state index in [2.05, 4.69) is 10.2 Å². The molecule has 0 atom stereocenters. The summed E-state index contributed by atoms with van der Waals surface area (Å²) >= 11 is 5.86. The third kappa shape index (κ3) is 3.38. The normalized spacial score (nSPS) is 11.5. The van der Waals surface area contributed by atoms with Gasteiger partial charge in [0.05, 0.1) is 5.56 Å². The highest BCUT2D eigenvalue weighted by atomic mass is 35.5. The molecule has 3 aromatic rings. The van der Waals surface area contributed by atoms with E-state index in [1.807, 2.05) is 0 Å². The minimum Gasteiger partial charge on any atom is -0.207 e. The van der Waals surface area contributed by atoms with E-state index in [9.17, 15) is 17.6 Å². The van der Waals surface area contributed by atoms with E-state index < -0.39 is 17.6 Å². The fourth-order valence-corrected chi connectivity index (χ4v) is 2.42. The molecular weight excluding hydrogens is 344 g/mol. The molecule has 1 aromatic heterocycles. The van der Waals surface area contributed by atoms with Crippen molar-refractivity contribution in [1.82, 2.24) is 10.2 Å². The highest BCUT2D eigenvalue weighted by Gasteiger charge is 2.30. The van der Waals surface area contributed by atoms with Crippen LogP contribution in [0, 0.1) is 5.82 Å². The van der Waals surface area contributed by atoms with Crippen LogP contribution in [-0.2, 0) is 6.18 Å². The van der Waals surface area contributed by atoms with Crippen molar-refractivity contribution in [2.24, 2.45) is 0 Å². The second-order valence-electron chi connectivity index (χ2n) is 5.01. The first-order valence-corrected chi connectivity index (χ1v) is 7.19. The molecule has 24 heavy (non-hydrogen) atoms. The van der Waals surface area contributed by atoms with Crippen LogP contribution < -0.4 is 0 Å². The average Bonchev–Trinajstić information content (AvgIpc) is 2.54. The molecule has 0 amide bonds. The van der Waals surface area contributed by atoms with Gasteiger partial charge in [-0.1, -0.05) is 35.9 Å². The van der Waals surface area contributed by atoms with Crippen molar-refractivity contribution in [3.8, 4) is 22.4 Å². The van der Waals surface area contributed by atoms with Crippen molar-refractivity contribution < 1.29 is 17.6 Å². The standard InChI is InChI=1S/C17H9ClF4N2/c18-15-9-14(10-4-6-12(7-5-10)17(20,21)22)16(24-23-15)11-2-1-3-13(19)8-11/h1-9H. The Labute approximate surface area is 139 Å². The molecule has 0 bridgehead atoms. The van der Waals surface area contributed by atoms with Crippen molar-refractivity contribution in [1.29, 1.82) is 0 Å². The highest BCUT2D eigenvalue weighted by molar-refractivity contribution is 6.29. The maximum atomic E-state index is 13.5. The lowest BCUT2D eigenvalue weighted by atomic mass is 9.99. The van der Waals surface area contributed by atoms with E-state index in [0.717, 1.165) is 12.1 Å². The molecular formula is C17H9ClF4N2. The van der Waals surface area contributed by atoms with Crippen LogP contribution in [0.5, 0.6) is 0 Å². The van der Waals surface area contributed by atoms with Gasteiger partial charge in [-0.05, 0) is 35.9 Å². The minimum atomic E-state index is -4.42. The van der Waals surface area contributed by atoms with Crippen LogP contribution in [0.1, 0.15) is 5.56 Å². The van der Waals surface area contributed by atoms with Crippen LogP contribution in [0.4, 0.5) is 17.6 Å². The molecule has 0 unspecified atom stereocenters. The maximum absolute atomic E-state index is 13.5. The Bertz CT molecular complexity index is 877. The van der Waals surface area contributed by atoms with Gasteiger partial charge in [0.15, 0.2) is 5.15 Å². The Hall–Kier alpha value is -2.47. The summed E-state index contributed by atoms with van der Waals surface area (Å²) in [6.45, 7) is 0. The molecule has 3 rings (SSSR count). The van der Waals surface area contributed by atoms with Crippen LogP contribution in [-0.4, -0.2) is 10.2 Å². The number of rotatable bonds is 2. The fourth-order valence-electron chi connectivity index (χ4n) is 2.28. The van der Waals surface area contributed by atoms with Crippen molar-refractivity contribution in [3.63, 3.8) is 0 Å². The number of aromatic nitrogens is 2. The van der Waals surface area contributed by atoms with Gasteiger partial charge in [0.25, 0.3) is 0 Å². The molecule has 0 fully saturated rings. The highest BCUT2D eigenvalue weighted by Crippen LogP contribution is 2.34. The average molecular weight is 353 g/mol. The maximum Gasteiger partial charge on any atom is 0.416 e. The summed E-state index contributed by atoms with van der Waals surface area (Å²) < 4.78 is 51.5. The minimum absolute atomic E-state index is 0.0880. The van der Waals surface area contributed by atoms with Gasteiger partial charge in [-0.15, -0.1) is 10.2 Å². The first-order valence-electron chi connectivity index (χ1n) is 6.81.